The van der Waals surface area contributed by atoms with Crippen LogP contribution in [-0.4, -0.2) is 0 Å². The topological polar surface area (TPSA) is 0 Å². The van der Waals surface area contributed by atoms with Gasteiger partial charge in [0.1, 0.15) is 0 Å². The SMILES string of the molecule is CCC(C)(C)C#P. The molecule has 0 aromatic carbocycles. The zero-order valence-electron chi connectivity index (χ0n) is 5.15. The second kappa shape index (κ2) is 2.50. The Morgan fingerprint density at radius 3 is 2.00 bits per heavy atom. The molecule has 40 valence electrons. The fourth-order valence-electron chi connectivity index (χ4n) is 0.0791. The van der Waals surface area contributed by atoms with Gasteiger partial charge in [0.05, 0.1) is 0 Å². The molecule has 0 fully saturated rings. The predicted octanol–water partition coefficient (Wildman–Crippen LogP) is 2.79. The molecular weight excluding hydrogens is 103 g/mol. The molecule has 0 bridgehead atoms. The first-order valence-corrected chi connectivity index (χ1v) is 2.98. The Labute approximate surface area is 47.8 Å². The van der Waals surface area contributed by atoms with Crippen LogP contribution < -0.4 is 0 Å². The molecular formula is C6H11P. The van der Waals surface area contributed by atoms with Gasteiger partial charge in [-0.2, -0.15) is 0 Å². The van der Waals surface area contributed by atoms with Crippen molar-refractivity contribution in [1.29, 1.82) is 0 Å². The third-order valence-corrected chi connectivity index (χ3v) is 1.79. The normalized spacial score (nSPS) is 10.6. The molecule has 0 unspecified atom stereocenters. The monoisotopic (exact) mass is 114 g/mol. The van der Waals surface area contributed by atoms with E-state index in [1.54, 1.807) is 0 Å². The Bertz CT molecular complexity index is 86.8. The molecule has 0 atom stereocenters. The van der Waals surface area contributed by atoms with Crippen molar-refractivity contribution in [2.24, 2.45) is 5.41 Å². The van der Waals surface area contributed by atoms with Gasteiger partial charge in [0, 0.05) is 0 Å². The molecule has 0 aromatic rings. The predicted molar refractivity (Wildman–Crippen MR) is 34.9 cm³/mol. The van der Waals surface area contributed by atoms with E-state index in [-0.39, 0.29) is 5.41 Å². The van der Waals surface area contributed by atoms with Crippen LogP contribution in [0.5, 0.6) is 0 Å². The molecule has 0 spiro atoms. The van der Waals surface area contributed by atoms with E-state index in [0.29, 0.717) is 0 Å². The summed E-state index contributed by atoms with van der Waals surface area (Å²) in [6.07, 6.45) is 1.11. The van der Waals surface area contributed by atoms with Gasteiger partial charge in [-0.15, -0.1) is 0 Å². The van der Waals surface area contributed by atoms with Crippen molar-refractivity contribution in [3.63, 3.8) is 0 Å². The van der Waals surface area contributed by atoms with Crippen molar-refractivity contribution in [3.8, 4) is 5.63 Å². The summed E-state index contributed by atoms with van der Waals surface area (Å²) in [7, 11) is 3.93. The van der Waals surface area contributed by atoms with Gasteiger partial charge in [-0.05, 0) is 0 Å². The molecule has 0 rings (SSSR count). The Hall–Kier alpha value is 0.210. The molecule has 0 aliphatic heterocycles. The van der Waals surface area contributed by atoms with Crippen LogP contribution in [-0.2, 0) is 0 Å². The fourth-order valence-corrected chi connectivity index (χ4v) is 0.237. The molecule has 0 saturated heterocycles. The zero-order chi connectivity index (χ0) is 5.91. The molecule has 0 saturated carbocycles. The van der Waals surface area contributed by atoms with Crippen molar-refractivity contribution < 1.29 is 0 Å². The standard InChI is InChI=1S/C6H11P/c1-4-6(2,3)5-7/h4H2,1-3H3. The van der Waals surface area contributed by atoms with E-state index in [0.717, 1.165) is 6.42 Å². The first-order valence-electron chi connectivity index (χ1n) is 2.53. The average Bonchev–Trinajstić information content (AvgIpc) is 1.68. The second-order valence-corrected chi connectivity index (χ2v) is 2.57. The summed E-state index contributed by atoms with van der Waals surface area (Å²) >= 11 is 0. The summed E-state index contributed by atoms with van der Waals surface area (Å²) in [6.45, 7) is 6.35. The van der Waals surface area contributed by atoms with Crippen molar-refractivity contribution >= 4 is 8.70 Å². The van der Waals surface area contributed by atoms with Gasteiger partial charge < -0.3 is 0 Å². The molecule has 0 aromatic heterocycles. The number of hydrogen-bond acceptors (Lipinski definition) is 0. The van der Waals surface area contributed by atoms with Gasteiger partial charge in [-0.3, -0.25) is 0 Å². The second-order valence-electron chi connectivity index (χ2n) is 2.35. The number of rotatable bonds is 1. The van der Waals surface area contributed by atoms with Gasteiger partial charge in [-0.25, -0.2) is 0 Å². The molecule has 0 N–H and O–H groups in total. The molecule has 0 heterocycles. The maximum atomic E-state index is 3.93. The van der Waals surface area contributed by atoms with E-state index in [2.05, 4.69) is 35.1 Å². The first kappa shape index (κ1) is 7.21. The van der Waals surface area contributed by atoms with Gasteiger partial charge in [0.25, 0.3) is 0 Å². The van der Waals surface area contributed by atoms with E-state index < -0.39 is 0 Å². The Morgan fingerprint density at radius 1 is 1.57 bits per heavy atom. The summed E-state index contributed by atoms with van der Waals surface area (Å²) < 4.78 is 0. The summed E-state index contributed by atoms with van der Waals surface area (Å²) in [5, 5.41) is 0. The summed E-state index contributed by atoms with van der Waals surface area (Å²) in [5.74, 6) is 0. The van der Waals surface area contributed by atoms with Crippen LogP contribution in [0, 0.1) is 11.0 Å². The van der Waals surface area contributed by atoms with E-state index in [1.807, 2.05) is 0 Å². The minimum absolute atomic E-state index is 0.198. The zero-order valence-corrected chi connectivity index (χ0v) is 6.05. The Morgan fingerprint density at radius 2 is 2.00 bits per heavy atom. The van der Waals surface area contributed by atoms with Crippen molar-refractivity contribution in [1.82, 2.24) is 0 Å². The van der Waals surface area contributed by atoms with Crippen LogP contribution in [0.1, 0.15) is 27.2 Å². The minimum atomic E-state index is 0.198. The van der Waals surface area contributed by atoms with Crippen LogP contribution in [0.3, 0.4) is 0 Å². The molecule has 0 amide bonds. The van der Waals surface area contributed by atoms with Gasteiger partial charge in [0.2, 0.25) is 0 Å². The van der Waals surface area contributed by atoms with Gasteiger partial charge in [0.15, 0.2) is 0 Å². The number of hydrogen-bond donors (Lipinski definition) is 0. The summed E-state index contributed by atoms with van der Waals surface area (Å²) in [4.78, 5) is 0. The quantitative estimate of drug-likeness (QED) is 0.460. The van der Waals surface area contributed by atoms with E-state index in [9.17, 15) is 0 Å². The van der Waals surface area contributed by atoms with Crippen molar-refractivity contribution in [2.75, 3.05) is 0 Å². The maximum absolute atomic E-state index is 3.93. The Kier molecular flexibility index (Phi) is 2.58. The average molecular weight is 114 g/mol. The fraction of sp³-hybridized carbons (Fsp3) is 0.833. The van der Waals surface area contributed by atoms with Crippen molar-refractivity contribution in [3.05, 3.63) is 0 Å². The molecule has 0 nitrogen and oxygen atoms in total. The molecule has 0 radical (unpaired) electrons. The first-order chi connectivity index (χ1) is 3.12. The van der Waals surface area contributed by atoms with Crippen molar-refractivity contribution in [2.45, 2.75) is 27.2 Å². The molecule has 1 heteroatoms. The molecule has 7 heavy (non-hydrogen) atoms. The Balaban J connectivity index is 3.66. The van der Waals surface area contributed by atoms with E-state index in [1.165, 1.54) is 0 Å². The van der Waals surface area contributed by atoms with Gasteiger partial charge in [-0.1, -0.05) is 0 Å². The van der Waals surface area contributed by atoms with Crippen LogP contribution in [0.4, 0.5) is 0 Å². The van der Waals surface area contributed by atoms with Crippen LogP contribution in [0.15, 0.2) is 0 Å². The molecule has 0 aliphatic carbocycles. The van der Waals surface area contributed by atoms with Gasteiger partial charge >= 0.3 is 46.9 Å². The van der Waals surface area contributed by atoms with E-state index >= 15 is 0 Å². The molecule has 0 aliphatic rings. The van der Waals surface area contributed by atoms with E-state index in [4.69, 9.17) is 0 Å². The third-order valence-electron chi connectivity index (χ3n) is 1.19. The summed E-state index contributed by atoms with van der Waals surface area (Å²) in [6, 6.07) is 0. The van der Waals surface area contributed by atoms with Crippen LogP contribution in [0.25, 0.3) is 0 Å². The van der Waals surface area contributed by atoms with Crippen LogP contribution >= 0.6 is 8.70 Å². The van der Waals surface area contributed by atoms with Crippen LogP contribution in [0.2, 0.25) is 0 Å². The third kappa shape index (κ3) is 2.85. The summed E-state index contributed by atoms with van der Waals surface area (Å²) in [5.41, 5.74) is 3.08.